The van der Waals surface area contributed by atoms with Crippen LogP contribution in [-0.4, -0.2) is 30.6 Å². The largest absolute Gasteiger partial charge is 0.482 e. The molecule has 1 saturated carbocycles. The van der Waals surface area contributed by atoms with Crippen LogP contribution in [0.15, 0.2) is 18.2 Å². The predicted octanol–water partition coefficient (Wildman–Crippen LogP) is 3.31. The summed E-state index contributed by atoms with van der Waals surface area (Å²) in [5, 5.41) is 3.01. The van der Waals surface area contributed by atoms with Crippen LogP contribution < -0.4 is 10.1 Å². The lowest BCUT2D eigenvalue weighted by Crippen LogP contribution is -2.46. The van der Waals surface area contributed by atoms with E-state index in [0.29, 0.717) is 11.7 Å². The second-order valence-corrected chi connectivity index (χ2v) is 7.00. The Bertz CT molecular complexity index is 614. The minimum absolute atomic E-state index is 0.175. The lowest BCUT2D eigenvalue weighted by molar-refractivity contribution is -0.157. The number of esters is 1. The summed E-state index contributed by atoms with van der Waals surface area (Å²) < 4.78 is 10.7. The topological polar surface area (TPSA) is 64.6 Å². The maximum Gasteiger partial charge on any atom is 0.344 e. The van der Waals surface area contributed by atoms with E-state index in [1.54, 1.807) is 6.92 Å². The van der Waals surface area contributed by atoms with E-state index in [-0.39, 0.29) is 18.6 Å². The molecule has 0 saturated heterocycles. The van der Waals surface area contributed by atoms with E-state index in [0.717, 1.165) is 30.4 Å². The number of benzene rings is 1. The molecule has 0 spiro atoms. The molecule has 1 aromatic rings. The average molecular weight is 347 g/mol. The van der Waals surface area contributed by atoms with Gasteiger partial charge in [-0.05, 0) is 56.7 Å². The number of amides is 1. The van der Waals surface area contributed by atoms with Crippen LogP contribution in [0.4, 0.5) is 0 Å². The second-order valence-electron chi connectivity index (χ2n) is 7.00. The van der Waals surface area contributed by atoms with Crippen molar-refractivity contribution in [1.82, 2.24) is 5.32 Å². The molecule has 1 aliphatic rings. The lowest BCUT2D eigenvalue weighted by Gasteiger charge is -2.30. The van der Waals surface area contributed by atoms with Gasteiger partial charge in [-0.3, -0.25) is 4.79 Å². The number of rotatable bonds is 6. The number of aryl methyl sites for hydroxylation is 1. The molecule has 0 aromatic heterocycles. The van der Waals surface area contributed by atoms with Crippen LogP contribution in [0, 0.1) is 19.8 Å². The zero-order valence-electron chi connectivity index (χ0n) is 15.6. The molecule has 0 heterocycles. The number of hydrogen-bond acceptors (Lipinski definition) is 4. The molecule has 1 N–H and O–H groups in total. The summed E-state index contributed by atoms with van der Waals surface area (Å²) in [4.78, 5) is 24.2. The smallest absolute Gasteiger partial charge is 0.344 e. The molecule has 2 rings (SSSR count). The Balaban J connectivity index is 1.79. The molecule has 0 radical (unpaired) electrons. The molecule has 5 heteroatoms. The van der Waals surface area contributed by atoms with E-state index >= 15 is 0 Å². The van der Waals surface area contributed by atoms with Crippen molar-refractivity contribution in [2.45, 2.75) is 65.5 Å². The van der Waals surface area contributed by atoms with Crippen molar-refractivity contribution in [3.05, 3.63) is 29.3 Å². The van der Waals surface area contributed by atoms with E-state index in [9.17, 15) is 9.59 Å². The first-order valence-corrected chi connectivity index (χ1v) is 9.07. The fourth-order valence-corrected chi connectivity index (χ4v) is 3.13. The van der Waals surface area contributed by atoms with Crippen LogP contribution in [-0.2, 0) is 14.3 Å². The van der Waals surface area contributed by atoms with Crippen LogP contribution in [0.2, 0.25) is 0 Å². The minimum Gasteiger partial charge on any atom is -0.482 e. The molecule has 1 fully saturated rings. The highest BCUT2D eigenvalue weighted by atomic mass is 16.6. The van der Waals surface area contributed by atoms with E-state index in [1.807, 2.05) is 32.0 Å². The van der Waals surface area contributed by atoms with Gasteiger partial charge in [0.25, 0.3) is 5.91 Å². The van der Waals surface area contributed by atoms with Gasteiger partial charge < -0.3 is 14.8 Å². The zero-order valence-corrected chi connectivity index (χ0v) is 15.6. The Morgan fingerprint density at radius 3 is 2.68 bits per heavy atom. The number of carbonyl (C=O) groups excluding carboxylic acids is 2. The van der Waals surface area contributed by atoms with Gasteiger partial charge in [0.2, 0.25) is 0 Å². The number of carbonyl (C=O) groups is 2. The molecular weight excluding hydrogens is 318 g/mol. The highest BCUT2D eigenvalue weighted by molar-refractivity contribution is 5.83. The number of ether oxygens (including phenoxy) is 2. The molecule has 1 aliphatic carbocycles. The van der Waals surface area contributed by atoms with Crippen molar-refractivity contribution in [3.63, 3.8) is 0 Å². The third-order valence-corrected chi connectivity index (χ3v) is 5.02. The normalized spacial score (nSPS) is 21.3. The van der Waals surface area contributed by atoms with Gasteiger partial charge in [0.1, 0.15) is 5.75 Å². The molecule has 0 bridgehead atoms. The van der Waals surface area contributed by atoms with Crippen LogP contribution in [0.25, 0.3) is 0 Å². The lowest BCUT2D eigenvalue weighted by atomic mass is 9.86. The van der Waals surface area contributed by atoms with Crippen molar-refractivity contribution >= 4 is 11.9 Å². The van der Waals surface area contributed by atoms with Crippen molar-refractivity contribution in [2.24, 2.45) is 5.92 Å². The first-order chi connectivity index (χ1) is 11.9. The van der Waals surface area contributed by atoms with Gasteiger partial charge in [0.15, 0.2) is 12.7 Å². The summed E-state index contributed by atoms with van der Waals surface area (Å²) in [7, 11) is 0. The van der Waals surface area contributed by atoms with Gasteiger partial charge in [-0.15, -0.1) is 0 Å². The van der Waals surface area contributed by atoms with Crippen LogP contribution >= 0.6 is 0 Å². The highest BCUT2D eigenvalue weighted by Crippen LogP contribution is 2.24. The Hall–Kier alpha value is -2.04. The van der Waals surface area contributed by atoms with Crippen LogP contribution in [0.1, 0.15) is 50.7 Å². The van der Waals surface area contributed by atoms with E-state index < -0.39 is 12.1 Å². The van der Waals surface area contributed by atoms with E-state index in [1.165, 1.54) is 6.42 Å². The summed E-state index contributed by atoms with van der Waals surface area (Å²) in [5.74, 6) is 0.345. The minimum atomic E-state index is -0.816. The third-order valence-electron chi connectivity index (χ3n) is 5.02. The van der Waals surface area contributed by atoms with Gasteiger partial charge in [0.05, 0.1) is 0 Å². The molecule has 5 nitrogen and oxygen atoms in total. The predicted molar refractivity (Wildman–Crippen MR) is 96.5 cm³/mol. The average Bonchev–Trinajstić information content (AvgIpc) is 2.58. The first-order valence-electron chi connectivity index (χ1n) is 9.07. The molecule has 0 aliphatic heterocycles. The third kappa shape index (κ3) is 5.48. The Labute approximate surface area is 150 Å². The first kappa shape index (κ1) is 19.3. The second kappa shape index (κ2) is 8.88. The Morgan fingerprint density at radius 2 is 1.96 bits per heavy atom. The van der Waals surface area contributed by atoms with E-state index in [2.05, 4.69) is 12.2 Å². The zero-order chi connectivity index (χ0) is 18.4. The van der Waals surface area contributed by atoms with Crippen molar-refractivity contribution in [3.8, 4) is 5.75 Å². The molecule has 138 valence electrons. The maximum absolute atomic E-state index is 12.2. The van der Waals surface area contributed by atoms with Crippen LogP contribution in [0.5, 0.6) is 5.75 Å². The summed E-state index contributed by atoms with van der Waals surface area (Å²) in [6.07, 6.45) is 3.65. The summed E-state index contributed by atoms with van der Waals surface area (Å²) >= 11 is 0. The van der Waals surface area contributed by atoms with Gasteiger partial charge in [0, 0.05) is 6.04 Å². The standard InChI is InChI=1S/C20H29NO4/c1-13-9-7-11-18(15(13)3)24-12-19(22)25-16(4)20(23)21-17-10-6-5-8-14(17)2/h7,9,11,14,16-17H,5-6,8,10,12H2,1-4H3,(H,21,23)/t14-,16+,17-/m0/s1. The van der Waals surface area contributed by atoms with Gasteiger partial charge in [-0.25, -0.2) is 4.79 Å². The Kier molecular flexibility index (Phi) is 6.85. The Morgan fingerprint density at radius 1 is 1.24 bits per heavy atom. The monoisotopic (exact) mass is 347 g/mol. The van der Waals surface area contributed by atoms with Crippen molar-refractivity contribution < 1.29 is 19.1 Å². The van der Waals surface area contributed by atoms with Gasteiger partial charge in [-0.2, -0.15) is 0 Å². The molecule has 3 atom stereocenters. The highest BCUT2D eigenvalue weighted by Gasteiger charge is 2.26. The SMILES string of the molecule is Cc1cccc(OCC(=O)O[C@H](C)C(=O)N[C@H]2CCCC[C@@H]2C)c1C. The quantitative estimate of drug-likeness (QED) is 0.802. The molecule has 1 aromatic carbocycles. The molecule has 25 heavy (non-hydrogen) atoms. The van der Waals surface area contributed by atoms with Crippen molar-refractivity contribution in [2.75, 3.05) is 6.61 Å². The molecule has 0 unspecified atom stereocenters. The van der Waals surface area contributed by atoms with Gasteiger partial charge in [-0.1, -0.05) is 31.9 Å². The molecule has 1 amide bonds. The van der Waals surface area contributed by atoms with E-state index in [4.69, 9.17) is 9.47 Å². The summed E-state index contributed by atoms with van der Waals surface area (Å²) in [6.45, 7) is 7.47. The van der Waals surface area contributed by atoms with Crippen LogP contribution in [0.3, 0.4) is 0 Å². The number of hydrogen-bond donors (Lipinski definition) is 1. The fraction of sp³-hybridized carbons (Fsp3) is 0.600. The summed E-state index contributed by atoms with van der Waals surface area (Å²) in [5.41, 5.74) is 2.09. The summed E-state index contributed by atoms with van der Waals surface area (Å²) in [6, 6.07) is 5.85. The maximum atomic E-state index is 12.2. The van der Waals surface area contributed by atoms with Gasteiger partial charge >= 0.3 is 5.97 Å². The fourth-order valence-electron chi connectivity index (χ4n) is 3.13. The van der Waals surface area contributed by atoms with Crippen molar-refractivity contribution in [1.29, 1.82) is 0 Å². The molecular formula is C20H29NO4. The number of nitrogens with one attached hydrogen (secondary N) is 1.